The van der Waals surface area contributed by atoms with E-state index in [1.54, 1.807) is 20.8 Å². The molecule has 60 heavy (non-hydrogen) atoms. The standard InChI is InChI=1S/C40H43F9N4O7/c1-21(2)30(32(54)40(47,48)49)52-35(57)31(24-14-16-27(59-6)17-15-24)53-33(55)28(18-22-10-12-23(13-11-22)20-50-36(58)60-37(3,4)5)51-34(56)29(39(44,45)46)25-8-7-9-26(19-25)38(41,42)43/h7-17,19,21,28-31H,18,20H2,1-6H3,(H,50,58)(H,51,56)(H,52,57)(H,53,55)/t28-,29?,30-,31-/m0/s1. The van der Waals surface area contributed by atoms with Gasteiger partial charge in [0.15, 0.2) is 5.92 Å². The van der Waals surface area contributed by atoms with Crippen molar-refractivity contribution in [3.8, 4) is 5.75 Å². The molecule has 0 heterocycles. The highest BCUT2D eigenvalue weighted by atomic mass is 19.4. The number of amides is 4. The molecule has 0 bridgehead atoms. The van der Waals surface area contributed by atoms with Crippen LogP contribution in [-0.2, 0) is 43.1 Å². The van der Waals surface area contributed by atoms with Crippen molar-refractivity contribution < 1.29 is 73.0 Å². The van der Waals surface area contributed by atoms with Gasteiger partial charge in [0.05, 0.1) is 18.7 Å². The minimum Gasteiger partial charge on any atom is -0.497 e. The molecule has 328 valence electrons. The first-order valence-corrected chi connectivity index (χ1v) is 18.0. The van der Waals surface area contributed by atoms with E-state index >= 15 is 0 Å². The summed E-state index contributed by atoms with van der Waals surface area (Å²) >= 11 is 0. The highest BCUT2D eigenvalue weighted by Gasteiger charge is 2.48. The summed E-state index contributed by atoms with van der Waals surface area (Å²) in [5.41, 5.74) is -2.84. The van der Waals surface area contributed by atoms with Crippen LogP contribution in [0.3, 0.4) is 0 Å². The van der Waals surface area contributed by atoms with Gasteiger partial charge in [-0.25, -0.2) is 4.79 Å². The number of nitrogens with one attached hydrogen (secondary N) is 4. The summed E-state index contributed by atoms with van der Waals surface area (Å²) in [5.74, 6) is -11.1. The molecule has 0 saturated carbocycles. The van der Waals surface area contributed by atoms with E-state index in [4.69, 9.17) is 9.47 Å². The molecule has 4 atom stereocenters. The molecule has 0 radical (unpaired) electrons. The molecule has 0 saturated heterocycles. The molecule has 1 unspecified atom stereocenters. The van der Waals surface area contributed by atoms with Gasteiger partial charge in [-0.15, -0.1) is 0 Å². The molecular weight excluding hydrogens is 819 g/mol. The maximum absolute atomic E-state index is 14.5. The van der Waals surface area contributed by atoms with E-state index in [1.807, 2.05) is 10.6 Å². The molecule has 0 aliphatic heterocycles. The van der Waals surface area contributed by atoms with Gasteiger partial charge in [0.1, 0.15) is 23.4 Å². The van der Waals surface area contributed by atoms with Gasteiger partial charge in [-0.1, -0.05) is 68.4 Å². The quantitative estimate of drug-likeness (QED) is 0.118. The van der Waals surface area contributed by atoms with Crippen LogP contribution in [0, 0.1) is 5.92 Å². The summed E-state index contributed by atoms with van der Waals surface area (Å²) in [4.78, 5) is 65.7. The minimum absolute atomic E-state index is 0.0486. The molecule has 3 aromatic carbocycles. The number of alkyl halides is 9. The number of methoxy groups -OCH3 is 1. The third-order valence-corrected chi connectivity index (χ3v) is 8.59. The molecule has 4 N–H and O–H groups in total. The van der Waals surface area contributed by atoms with Crippen LogP contribution in [0.5, 0.6) is 5.75 Å². The lowest BCUT2D eigenvalue weighted by atomic mass is 9.94. The number of ether oxygens (including phenoxy) is 2. The van der Waals surface area contributed by atoms with Crippen LogP contribution in [0.2, 0.25) is 0 Å². The largest absolute Gasteiger partial charge is 0.497 e. The van der Waals surface area contributed by atoms with E-state index in [2.05, 4.69) is 10.6 Å². The number of benzene rings is 3. The van der Waals surface area contributed by atoms with Crippen LogP contribution in [0.1, 0.15) is 74.4 Å². The number of ketones is 1. The fraction of sp³-hybridized carbons (Fsp3) is 0.425. The molecule has 4 amide bonds. The Labute approximate surface area is 338 Å². The van der Waals surface area contributed by atoms with Gasteiger partial charge >= 0.3 is 24.6 Å². The molecule has 0 fully saturated rings. The first-order valence-electron chi connectivity index (χ1n) is 18.0. The zero-order chi connectivity index (χ0) is 45.4. The Morgan fingerprint density at radius 3 is 1.77 bits per heavy atom. The van der Waals surface area contributed by atoms with E-state index in [1.165, 1.54) is 69.5 Å². The SMILES string of the molecule is COc1ccc([C@H](NC(=O)[C@H](Cc2ccc(CNC(=O)OC(C)(C)C)cc2)NC(=O)C(c2cccc(C(F)(F)F)c2)C(F)(F)F)C(=O)N[C@H](C(=O)C(F)(F)F)C(C)C)cc1. The topological polar surface area (TPSA) is 152 Å². The summed E-state index contributed by atoms with van der Waals surface area (Å²) in [5, 5.41) is 8.67. The maximum atomic E-state index is 14.5. The van der Waals surface area contributed by atoms with E-state index in [0.717, 1.165) is 0 Å². The molecule has 0 aliphatic rings. The smallest absolute Gasteiger partial charge is 0.452 e. The van der Waals surface area contributed by atoms with Gasteiger partial charge in [-0.2, -0.15) is 39.5 Å². The second-order valence-corrected chi connectivity index (χ2v) is 14.8. The van der Waals surface area contributed by atoms with Crippen LogP contribution >= 0.6 is 0 Å². The molecule has 3 rings (SSSR count). The Morgan fingerprint density at radius 2 is 1.27 bits per heavy atom. The Bertz CT molecular complexity index is 1980. The van der Waals surface area contributed by atoms with Gasteiger partial charge in [0.2, 0.25) is 17.7 Å². The van der Waals surface area contributed by atoms with Gasteiger partial charge < -0.3 is 30.7 Å². The van der Waals surface area contributed by atoms with E-state index < -0.39 is 101 Å². The number of halogens is 9. The van der Waals surface area contributed by atoms with Crippen LogP contribution < -0.4 is 26.0 Å². The molecule has 0 aliphatic carbocycles. The van der Waals surface area contributed by atoms with Crippen molar-refractivity contribution in [2.75, 3.05) is 7.11 Å². The Morgan fingerprint density at radius 1 is 0.683 bits per heavy atom. The van der Waals surface area contributed by atoms with Crippen molar-refractivity contribution in [2.24, 2.45) is 5.92 Å². The summed E-state index contributed by atoms with van der Waals surface area (Å²) in [7, 11) is 1.29. The van der Waals surface area contributed by atoms with Crippen molar-refractivity contribution >= 4 is 29.6 Å². The third kappa shape index (κ3) is 14.2. The molecule has 20 heteroatoms. The van der Waals surface area contributed by atoms with Crippen molar-refractivity contribution in [2.45, 2.75) is 95.8 Å². The minimum atomic E-state index is -5.50. The summed E-state index contributed by atoms with van der Waals surface area (Å²) < 4.78 is 135. The van der Waals surface area contributed by atoms with E-state index in [9.17, 15) is 63.5 Å². The number of hydrogen-bond donors (Lipinski definition) is 4. The lowest BCUT2D eigenvalue weighted by Gasteiger charge is -2.28. The summed E-state index contributed by atoms with van der Waals surface area (Å²) in [6.45, 7) is 7.31. The number of carbonyl (C=O) groups excluding carboxylic acids is 5. The molecule has 0 spiro atoms. The summed E-state index contributed by atoms with van der Waals surface area (Å²) in [6, 6.07) is 6.59. The predicted octanol–water partition coefficient (Wildman–Crippen LogP) is 7.24. The van der Waals surface area contributed by atoms with Crippen molar-refractivity contribution in [1.82, 2.24) is 21.3 Å². The zero-order valence-corrected chi connectivity index (χ0v) is 33.0. The fourth-order valence-electron chi connectivity index (χ4n) is 5.65. The lowest BCUT2D eigenvalue weighted by Crippen LogP contribution is -2.55. The summed E-state index contributed by atoms with van der Waals surface area (Å²) in [6.07, 6.45) is -17.3. The van der Waals surface area contributed by atoms with Crippen molar-refractivity contribution in [3.05, 3.63) is 101 Å². The fourth-order valence-corrected chi connectivity index (χ4v) is 5.65. The molecule has 11 nitrogen and oxygen atoms in total. The third-order valence-electron chi connectivity index (χ3n) is 8.59. The van der Waals surface area contributed by atoms with Gasteiger partial charge in [0.25, 0.3) is 5.78 Å². The Balaban J connectivity index is 2.07. The average Bonchev–Trinajstić information content (AvgIpc) is 3.13. The zero-order valence-electron chi connectivity index (χ0n) is 33.0. The van der Waals surface area contributed by atoms with Gasteiger partial charge in [0, 0.05) is 13.0 Å². The normalized spacial score (nSPS) is 14.3. The average molecular weight is 863 g/mol. The molecule has 3 aromatic rings. The highest BCUT2D eigenvalue weighted by molar-refractivity contribution is 5.97. The monoisotopic (exact) mass is 862 g/mol. The first kappa shape index (κ1) is 48.5. The first-order chi connectivity index (χ1) is 27.6. The number of hydrogen-bond acceptors (Lipinski definition) is 7. The highest BCUT2D eigenvalue weighted by Crippen LogP contribution is 2.38. The lowest BCUT2D eigenvalue weighted by molar-refractivity contribution is -0.175. The van der Waals surface area contributed by atoms with Crippen molar-refractivity contribution in [3.63, 3.8) is 0 Å². The molecule has 0 aromatic heterocycles. The van der Waals surface area contributed by atoms with Gasteiger partial charge in [-0.05, 0) is 67.1 Å². The maximum Gasteiger partial charge on any atom is 0.452 e. The number of carbonyl (C=O) groups is 5. The number of rotatable bonds is 15. The van der Waals surface area contributed by atoms with Crippen LogP contribution in [0.4, 0.5) is 44.3 Å². The van der Waals surface area contributed by atoms with Crippen LogP contribution in [0.25, 0.3) is 0 Å². The second-order valence-electron chi connectivity index (χ2n) is 14.8. The Kier molecular flexibility index (Phi) is 15.8. The Hall–Kier alpha value is -5.82. The van der Waals surface area contributed by atoms with E-state index in [-0.39, 0.29) is 29.5 Å². The molecular formula is C40H43F9N4O7. The predicted molar refractivity (Wildman–Crippen MR) is 197 cm³/mol. The van der Waals surface area contributed by atoms with E-state index in [0.29, 0.717) is 23.8 Å². The second kappa shape index (κ2) is 19.5. The van der Waals surface area contributed by atoms with Gasteiger partial charge in [-0.3, -0.25) is 19.2 Å². The number of Topliss-reactive ketones (excluding diaryl/α,β-unsaturated/α-hetero) is 1. The van der Waals surface area contributed by atoms with Crippen LogP contribution in [0.15, 0.2) is 72.8 Å². The van der Waals surface area contributed by atoms with Crippen molar-refractivity contribution in [1.29, 1.82) is 0 Å². The van der Waals surface area contributed by atoms with Crippen LogP contribution in [-0.4, -0.2) is 66.7 Å². The number of alkyl carbamates (subject to hydrolysis) is 1.